The number of carbonyl (C=O) groups excluding carboxylic acids is 1. The molecule has 0 radical (unpaired) electrons. The highest BCUT2D eigenvalue weighted by molar-refractivity contribution is 6.04. The van der Waals surface area contributed by atoms with Gasteiger partial charge in [-0.05, 0) is 31.5 Å². The summed E-state index contributed by atoms with van der Waals surface area (Å²) in [5.74, 6) is 0.771. The molecule has 7 heteroatoms. The van der Waals surface area contributed by atoms with Crippen molar-refractivity contribution in [1.29, 1.82) is 0 Å². The van der Waals surface area contributed by atoms with E-state index >= 15 is 0 Å². The lowest BCUT2D eigenvalue weighted by Gasteiger charge is -2.27. The molecule has 3 aromatic rings. The zero-order valence-corrected chi connectivity index (χ0v) is 14.4. The van der Waals surface area contributed by atoms with Gasteiger partial charge in [-0.2, -0.15) is 5.10 Å². The Morgan fingerprint density at radius 2 is 2.24 bits per heavy atom. The van der Waals surface area contributed by atoms with E-state index in [9.17, 15) is 9.90 Å². The molecule has 0 bridgehead atoms. The van der Waals surface area contributed by atoms with Crippen molar-refractivity contribution in [2.75, 3.05) is 6.54 Å². The molecule has 25 heavy (non-hydrogen) atoms. The first kappa shape index (κ1) is 15.8. The van der Waals surface area contributed by atoms with Crippen LogP contribution in [0.4, 0.5) is 0 Å². The summed E-state index contributed by atoms with van der Waals surface area (Å²) < 4.78 is 1.89. The molecule has 7 nitrogen and oxygen atoms in total. The topological polar surface area (TPSA) is 87.0 Å². The molecule has 1 aliphatic rings. The Kier molecular flexibility index (Phi) is 3.80. The van der Waals surface area contributed by atoms with Gasteiger partial charge < -0.3 is 15.0 Å². The number of carbonyl (C=O) groups is 1. The number of hydrogen-bond donors (Lipinski definition) is 2. The fraction of sp³-hybridized carbons (Fsp3) is 0.389. The standard InChI is InChI=1S/C18H21N5O2/c1-3-16(24)15-9-12-10-22(7-8-23(12)21-15)18(25)13-5-4-6-14-17(13)20-11(2)19-14/h4-6,9,16,24H,3,7-8,10H2,1-2H3,(H,19,20)/t16-/m1/s1. The fourth-order valence-electron chi connectivity index (χ4n) is 3.33. The second kappa shape index (κ2) is 6.00. The Labute approximate surface area is 145 Å². The molecule has 3 heterocycles. The number of imidazole rings is 1. The van der Waals surface area contributed by atoms with Gasteiger partial charge in [-0.15, -0.1) is 0 Å². The number of aliphatic hydroxyl groups is 1. The molecule has 0 saturated heterocycles. The van der Waals surface area contributed by atoms with Crippen molar-refractivity contribution in [2.45, 2.75) is 39.5 Å². The highest BCUT2D eigenvalue weighted by Gasteiger charge is 2.26. The lowest BCUT2D eigenvalue weighted by molar-refractivity contribution is 0.0707. The molecule has 0 spiro atoms. The van der Waals surface area contributed by atoms with Crippen LogP contribution in [0.5, 0.6) is 0 Å². The fourth-order valence-corrected chi connectivity index (χ4v) is 3.33. The van der Waals surface area contributed by atoms with Crippen LogP contribution in [-0.2, 0) is 13.1 Å². The Hall–Kier alpha value is -2.67. The number of para-hydroxylation sites is 1. The van der Waals surface area contributed by atoms with E-state index in [4.69, 9.17) is 0 Å². The number of nitrogens with zero attached hydrogens (tertiary/aromatic N) is 4. The first-order valence-corrected chi connectivity index (χ1v) is 8.56. The number of fused-ring (bicyclic) bond motifs is 2. The third-order valence-electron chi connectivity index (χ3n) is 4.69. The second-order valence-corrected chi connectivity index (χ2v) is 6.46. The first-order valence-electron chi connectivity index (χ1n) is 8.56. The van der Waals surface area contributed by atoms with E-state index in [-0.39, 0.29) is 5.91 Å². The summed E-state index contributed by atoms with van der Waals surface area (Å²) >= 11 is 0. The number of aliphatic hydroxyl groups excluding tert-OH is 1. The maximum Gasteiger partial charge on any atom is 0.256 e. The van der Waals surface area contributed by atoms with Crippen molar-refractivity contribution in [1.82, 2.24) is 24.6 Å². The minimum atomic E-state index is -0.553. The third kappa shape index (κ3) is 2.70. The van der Waals surface area contributed by atoms with Gasteiger partial charge in [0.1, 0.15) is 11.3 Å². The maximum absolute atomic E-state index is 13.0. The normalized spacial score (nSPS) is 15.4. The molecular weight excluding hydrogens is 318 g/mol. The lowest BCUT2D eigenvalue weighted by atomic mass is 10.1. The Balaban J connectivity index is 1.62. The molecule has 1 aliphatic heterocycles. The van der Waals surface area contributed by atoms with Crippen LogP contribution in [0.2, 0.25) is 0 Å². The van der Waals surface area contributed by atoms with E-state index in [2.05, 4.69) is 15.1 Å². The summed E-state index contributed by atoms with van der Waals surface area (Å²) in [5.41, 5.74) is 3.83. The number of rotatable bonds is 3. The molecule has 2 aromatic heterocycles. The van der Waals surface area contributed by atoms with Gasteiger partial charge in [0, 0.05) is 6.54 Å². The number of hydrogen-bond acceptors (Lipinski definition) is 4. The highest BCUT2D eigenvalue weighted by atomic mass is 16.3. The predicted molar refractivity (Wildman–Crippen MR) is 93.0 cm³/mol. The number of amides is 1. The van der Waals surface area contributed by atoms with Crippen LogP contribution in [0.3, 0.4) is 0 Å². The van der Waals surface area contributed by atoms with Gasteiger partial charge in [-0.3, -0.25) is 9.48 Å². The molecule has 0 aliphatic carbocycles. The lowest BCUT2D eigenvalue weighted by Crippen LogP contribution is -2.38. The molecule has 2 N–H and O–H groups in total. The van der Waals surface area contributed by atoms with Gasteiger partial charge in [0.15, 0.2) is 0 Å². The second-order valence-electron chi connectivity index (χ2n) is 6.46. The van der Waals surface area contributed by atoms with Gasteiger partial charge in [0.05, 0.1) is 41.7 Å². The molecule has 1 aromatic carbocycles. The van der Waals surface area contributed by atoms with E-state index in [0.717, 1.165) is 17.0 Å². The quantitative estimate of drug-likeness (QED) is 0.765. The van der Waals surface area contributed by atoms with Crippen molar-refractivity contribution in [3.8, 4) is 0 Å². The van der Waals surface area contributed by atoms with Crippen LogP contribution < -0.4 is 0 Å². The summed E-state index contributed by atoms with van der Waals surface area (Å²) in [6.45, 7) is 5.52. The zero-order valence-electron chi connectivity index (χ0n) is 14.4. The van der Waals surface area contributed by atoms with Crippen LogP contribution in [0, 0.1) is 6.92 Å². The average Bonchev–Trinajstić information content (AvgIpc) is 3.21. The van der Waals surface area contributed by atoms with Crippen LogP contribution in [0.1, 0.15) is 47.0 Å². The average molecular weight is 339 g/mol. The summed E-state index contributed by atoms with van der Waals surface area (Å²) in [5, 5.41) is 14.4. The van der Waals surface area contributed by atoms with Gasteiger partial charge >= 0.3 is 0 Å². The van der Waals surface area contributed by atoms with Gasteiger partial charge in [0.25, 0.3) is 5.91 Å². The molecule has 4 rings (SSSR count). The number of H-pyrrole nitrogens is 1. The number of nitrogens with one attached hydrogen (secondary N) is 1. The van der Waals surface area contributed by atoms with Crippen molar-refractivity contribution < 1.29 is 9.90 Å². The Bertz CT molecular complexity index is 942. The predicted octanol–water partition coefficient (Wildman–Crippen LogP) is 2.17. The summed E-state index contributed by atoms with van der Waals surface area (Å²) in [4.78, 5) is 22.5. The number of aromatic nitrogens is 4. The van der Waals surface area contributed by atoms with Crippen molar-refractivity contribution in [3.05, 3.63) is 47.0 Å². The summed E-state index contributed by atoms with van der Waals surface area (Å²) in [6, 6.07) is 7.52. The SMILES string of the molecule is CC[C@@H](O)c1cc2n(n1)CCN(C(=O)c1cccc3[nH]c(C)nc13)C2. The Morgan fingerprint density at radius 3 is 3.04 bits per heavy atom. The van der Waals surface area contributed by atoms with E-state index in [1.165, 1.54) is 0 Å². The smallest absolute Gasteiger partial charge is 0.256 e. The van der Waals surface area contributed by atoms with Gasteiger partial charge in [0.2, 0.25) is 0 Å². The first-order chi connectivity index (χ1) is 12.1. The van der Waals surface area contributed by atoms with E-state index in [1.807, 2.05) is 47.7 Å². The van der Waals surface area contributed by atoms with Crippen molar-refractivity contribution in [3.63, 3.8) is 0 Å². The van der Waals surface area contributed by atoms with Gasteiger partial charge in [-0.1, -0.05) is 13.0 Å². The Morgan fingerprint density at radius 1 is 1.40 bits per heavy atom. The summed E-state index contributed by atoms with van der Waals surface area (Å²) in [7, 11) is 0. The third-order valence-corrected chi connectivity index (χ3v) is 4.69. The molecule has 0 saturated carbocycles. The largest absolute Gasteiger partial charge is 0.387 e. The molecular formula is C18H21N5O2. The number of aryl methyl sites for hydroxylation is 1. The van der Waals surface area contributed by atoms with Crippen LogP contribution in [-0.4, -0.2) is 42.2 Å². The monoisotopic (exact) mass is 339 g/mol. The molecule has 130 valence electrons. The number of benzene rings is 1. The molecule has 0 fully saturated rings. The van der Waals surface area contributed by atoms with Crippen molar-refractivity contribution in [2.24, 2.45) is 0 Å². The van der Waals surface area contributed by atoms with Crippen LogP contribution in [0.15, 0.2) is 24.3 Å². The highest BCUT2D eigenvalue weighted by Crippen LogP contribution is 2.23. The van der Waals surface area contributed by atoms with E-state index in [1.54, 1.807) is 0 Å². The molecule has 0 unspecified atom stereocenters. The zero-order chi connectivity index (χ0) is 17.6. The van der Waals surface area contributed by atoms with E-state index in [0.29, 0.717) is 42.8 Å². The summed E-state index contributed by atoms with van der Waals surface area (Å²) in [6.07, 6.45) is 0.0719. The minimum absolute atomic E-state index is 0.0258. The molecule has 1 amide bonds. The van der Waals surface area contributed by atoms with Crippen molar-refractivity contribution >= 4 is 16.9 Å². The number of aromatic amines is 1. The maximum atomic E-state index is 13.0. The minimum Gasteiger partial charge on any atom is -0.387 e. The van der Waals surface area contributed by atoms with E-state index < -0.39 is 6.10 Å². The molecule has 1 atom stereocenters. The van der Waals surface area contributed by atoms with Crippen LogP contribution in [0.25, 0.3) is 11.0 Å². The van der Waals surface area contributed by atoms with Crippen LogP contribution >= 0.6 is 0 Å². The van der Waals surface area contributed by atoms with Gasteiger partial charge in [-0.25, -0.2) is 4.98 Å².